The predicted octanol–water partition coefficient (Wildman–Crippen LogP) is 3.62. The molecule has 0 amide bonds. The number of piperidine rings is 1. The van der Waals surface area contributed by atoms with Crippen molar-refractivity contribution in [2.24, 2.45) is 0 Å². The van der Waals surface area contributed by atoms with Crippen LogP contribution in [-0.2, 0) is 4.74 Å². The second-order valence-electron chi connectivity index (χ2n) is 4.87. The van der Waals surface area contributed by atoms with E-state index in [9.17, 15) is 13.6 Å². The molecule has 20 heavy (non-hydrogen) atoms. The SMILES string of the molecule is CCOC(=O)c1ccc(C2CCCCN2)cc1C(F)F. The van der Waals surface area contributed by atoms with Gasteiger partial charge in [-0.05, 0) is 44.0 Å². The molecular weight excluding hydrogens is 264 g/mol. The van der Waals surface area contributed by atoms with Gasteiger partial charge in [0, 0.05) is 11.6 Å². The summed E-state index contributed by atoms with van der Waals surface area (Å²) in [6.45, 7) is 2.72. The van der Waals surface area contributed by atoms with E-state index < -0.39 is 12.4 Å². The van der Waals surface area contributed by atoms with Gasteiger partial charge in [0.25, 0.3) is 6.43 Å². The van der Waals surface area contributed by atoms with Crippen LogP contribution in [0.25, 0.3) is 0 Å². The molecule has 5 heteroatoms. The van der Waals surface area contributed by atoms with Crippen LogP contribution in [0.3, 0.4) is 0 Å². The van der Waals surface area contributed by atoms with Gasteiger partial charge in [0.1, 0.15) is 0 Å². The highest BCUT2D eigenvalue weighted by molar-refractivity contribution is 5.91. The van der Waals surface area contributed by atoms with Crippen molar-refractivity contribution in [1.29, 1.82) is 0 Å². The lowest BCUT2D eigenvalue weighted by Crippen LogP contribution is -2.27. The van der Waals surface area contributed by atoms with Gasteiger partial charge in [-0.1, -0.05) is 12.5 Å². The first kappa shape index (κ1) is 14.9. The molecule has 1 aliphatic heterocycles. The van der Waals surface area contributed by atoms with Gasteiger partial charge < -0.3 is 10.1 Å². The molecule has 1 aromatic carbocycles. The van der Waals surface area contributed by atoms with Crippen LogP contribution in [0, 0.1) is 0 Å². The smallest absolute Gasteiger partial charge is 0.338 e. The molecule has 1 fully saturated rings. The summed E-state index contributed by atoms with van der Waals surface area (Å²) in [5.41, 5.74) is 0.530. The number of alkyl halides is 2. The summed E-state index contributed by atoms with van der Waals surface area (Å²) in [7, 11) is 0. The number of halogens is 2. The van der Waals surface area contributed by atoms with Gasteiger partial charge in [0.05, 0.1) is 12.2 Å². The zero-order chi connectivity index (χ0) is 14.5. The highest BCUT2D eigenvalue weighted by atomic mass is 19.3. The molecule has 0 radical (unpaired) electrons. The minimum atomic E-state index is -2.68. The summed E-state index contributed by atoms with van der Waals surface area (Å²) >= 11 is 0. The second-order valence-corrected chi connectivity index (χ2v) is 4.87. The van der Waals surface area contributed by atoms with Gasteiger partial charge in [-0.2, -0.15) is 0 Å². The van der Waals surface area contributed by atoms with Crippen molar-refractivity contribution in [3.63, 3.8) is 0 Å². The van der Waals surface area contributed by atoms with E-state index in [1.807, 2.05) is 0 Å². The lowest BCUT2D eigenvalue weighted by atomic mass is 9.94. The van der Waals surface area contributed by atoms with Crippen LogP contribution in [0.2, 0.25) is 0 Å². The third-order valence-corrected chi connectivity index (χ3v) is 3.52. The third kappa shape index (κ3) is 3.33. The average molecular weight is 283 g/mol. The quantitative estimate of drug-likeness (QED) is 0.858. The van der Waals surface area contributed by atoms with Crippen LogP contribution >= 0.6 is 0 Å². The number of hydrogen-bond acceptors (Lipinski definition) is 3. The van der Waals surface area contributed by atoms with Crippen molar-refractivity contribution in [3.05, 3.63) is 34.9 Å². The first-order chi connectivity index (χ1) is 9.63. The first-order valence-electron chi connectivity index (χ1n) is 6.96. The Morgan fingerprint density at radius 1 is 1.45 bits per heavy atom. The number of nitrogens with one attached hydrogen (secondary N) is 1. The molecular formula is C15H19F2NO2. The zero-order valence-corrected chi connectivity index (χ0v) is 11.5. The van der Waals surface area contributed by atoms with E-state index in [0.29, 0.717) is 0 Å². The summed E-state index contributed by atoms with van der Waals surface area (Å²) in [6, 6.07) is 4.71. The largest absolute Gasteiger partial charge is 0.462 e. The Morgan fingerprint density at radius 2 is 2.25 bits per heavy atom. The van der Waals surface area contributed by atoms with E-state index in [-0.39, 0.29) is 23.8 Å². The molecule has 0 aromatic heterocycles. The number of benzene rings is 1. The lowest BCUT2D eigenvalue weighted by Gasteiger charge is -2.24. The van der Waals surface area contributed by atoms with Gasteiger partial charge in [-0.15, -0.1) is 0 Å². The number of esters is 1. The maximum Gasteiger partial charge on any atom is 0.338 e. The molecule has 0 aliphatic carbocycles. The molecule has 1 aromatic rings. The molecule has 1 N–H and O–H groups in total. The topological polar surface area (TPSA) is 38.3 Å². The molecule has 110 valence electrons. The summed E-state index contributed by atoms with van der Waals surface area (Å²) in [6.07, 6.45) is 0.444. The summed E-state index contributed by atoms with van der Waals surface area (Å²) in [4.78, 5) is 11.7. The molecule has 0 spiro atoms. The molecule has 0 saturated carbocycles. The molecule has 1 aliphatic rings. The Bertz CT molecular complexity index is 471. The van der Waals surface area contributed by atoms with Crippen molar-refractivity contribution in [3.8, 4) is 0 Å². The monoisotopic (exact) mass is 283 g/mol. The van der Waals surface area contributed by atoms with Crippen molar-refractivity contribution in [1.82, 2.24) is 5.32 Å². The third-order valence-electron chi connectivity index (χ3n) is 3.52. The molecule has 3 nitrogen and oxygen atoms in total. The van der Waals surface area contributed by atoms with E-state index in [0.717, 1.165) is 31.4 Å². The van der Waals surface area contributed by atoms with Crippen LogP contribution < -0.4 is 5.32 Å². The van der Waals surface area contributed by atoms with Gasteiger partial charge in [-0.25, -0.2) is 13.6 Å². The maximum absolute atomic E-state index is 13.1. The number of carbonyl (C=O) groups is 1. The second kappa shape index (κ2) is 6.79. The molecule has 2 rings (SSSR count). The molecule has 1 unspecified atom stereocenters. The Labute approximate surface area is 117 Å². The van der Waals surface area contributed by atoms with Crippen LogP contribution in [-0.4, -0.2) is 19.1 Å². The van der Waals surface area contributed by atoms with Crippen LogP contribution in [0.5, 0.6) is 0 Å². The molecule has 1 heterocycles. The summed E-state index contributed by atoms with van der Waals surface area (Å²) < 4.78 is 31.1. The zero-order valence-electron chi connectivity index (χ0n) is 11.5. The normalized spacial score (nSPS) is 19.1. The number of carbonyl (C=O) groups excluding carboxylic acids is 1. The Morgan fingerprint density at radius 3 is 2.85 bits per heavy atom. The van der Waals surface area contributed by atoms with Gasteiger partial charge in [0.2, 0.25) is 0 Å². The Kier molecular flexibility index (Phi) is 5.06. The van der Waals surface area contributed by atoms with Gasteiger partial charge in [0.15, 0.2) is 0 Å². The van der Waals surface area contributed by atoms with Gasteiger partial charge in [-0.3, -0.25) is 0 Å². The maximum atomic E-state index is 13.1. The predicted molar refractivity (Wildman–Crippen MR) is 72.0 cm³/mol. The molecule has 0 bridgehead atoms. The van der Waals surface area contributed by atoms with E-state index in [2.05, 4.69) is 5.32 Å². The summed E-state index contributed by atoms with van der Waals surface area (Å²) in [5.74, 6) is -0.689. The highest BCUT2D eigenvalue weighted by Crippen LogP contribution is 2.30. The fraction of sp³-hybridized carbons (Fsp3) is 0.533. The number of rotatable bonds is 4. The lowest BCUT2D eigenvalue weighted by molar-refractivity contribution is 0.0515. The van der Waals surface area contributed by atoms with E-state index in [4.69, 9.17) is 4.74 Å². The number of hydrogen-bond donors (Lipinski definition) is 1. The van der Waals surface area contributed by atoms with Crippen molar-refractivity contribution < 1.29 is 18.3 Å². The van der Waals surface area contributed by atoms with E-state index in [1.165, 1.54) is 12.1 Å². The number of ether oxygens (including phenoxy) is 1. The van der Waals surface area contributed by atoms with Crippen molar-refractivity contribution in [2.75, 3.05) is 13.2 Å². The highest BCUT2D eigenvalue weighted by Gasteiger charge is 2.22. The average Bonchev–Trinajstić information content (AvgIpc) is 2.47. The fourth-order valence-electron chi connectivity index (χ4n) is 2.51. The van der Waals surface area contributed by atoms with Crippen molar-refractivity contribution >= 4 is 5.97 Å². The van der Waals surface area contributed by atoms with E-state index in [1.54, 1.807) is 13.0 Å². The van der Waals surface area contributed by atoms with Crippen LogP contribution in [0.1, 0.15) is 60.1 Å². The standard InChI is InChI=1S/C15H19F2NO2/c1-2-20-15(19)11-7-6-10(9-12(11)14(16)17)13-5-3-4-8-18-13/h6-7,9,13-14,18H,2-5,8H2,1H3. The first-order valence-corrected chi connectivity index (χ1v) is 6.96. The Hall–Kier alpha value is -1.49. The van der Waals surface area contributed by atoms with E-state index >= 15 is 0 Å². The van der Waals surface area contributed by atoms with Gasteiger partial charge >= 0.3 is 5.97 Å². The fourth-order valence-corrected chi connectivity index (χ4v) is 2.51. The van der Waals surface area contributed by atoms with Crippen molar-refractivity contribution in [2.45, 2.75) is 38.7 Å². The van der Waals surface area contributed by atoms with Crippen LogP contribution in [0.15, 0.2) is 18.2 Å². The molecule has 1 saturated heterocycles. The summed E-state index contributed by atoms with van der Waals surface area (Å²) in [5, 5.41) is 3.31. The minimum absolute atomic E-state index is 0.0404. The molecule has 1 atom stereocenters. The Balaban J connectivity index is 2.29. The van der Waals surface area contributed by atoms with Crippen LogP contribution in [0.4, 0.5) is 8.78 Å². The minimum Gasteiger partial charge on any atom is -0.462 e.